The molecule has 1 aliphatic carbocycles. The van der Waals surface area contributed by atoms with Crippen LogP contribution in [0, 0.1) is 6.92 Å². The van der Waals surface area contributed by atoms with Gasteiger partial charge < -0.3 is 9.84 Å². The third-order valence-electron chi connectivity index (χ3n) is 5.32. The van der Waals surface area contributed by atoms with Gasteiger partial charge in [-0.1, -0.05) is 40.7 Å². The normalized spacial score (nSPS) is 13.9. The van der Waals surface area contributed by atoms with Crippen LogP contribution in [-0.4, -0.2) is 26.4 Å². The molecule has 0 saturated carbocycles. The van der Waals surface area contributed by atoms with E-state index < -0.39 is 0 Å². The second-order valence-electron chi connectivity index (χ2n) is 7.70. The lowest BCUT2D eigenvalue weighted by Gasteiger charge is -2.16. The van der Waals surface area contributed by atoms with Crippen LogP contribution >= 0.6 is 11.8 Å². The molecule has 8 heteroatoms. The number of aryl methyl sites for hydroxylation is 1. The summed E-state index contributed by atoms with van der Waals surface area (Å²) in [5, 5.41) is 7.78. The summed E-state index contributed by atoms with van der Waals surface area (Å²) in [6.07, 6.45) is 8.16. The minimum absolute atomic E-state index is 0.0213. The zero-order chi connectivity index (χ0) is 21.6. The fourth-order valence-electron chi connectivity index (χ4n) is 3.71. The molecule has 162 valence electrons. The first kappa shape index (κ1) is 21.4. The summed E-state index contributed by atoms with van der Waals surface area (Å²) in [5.41, 5.74) is 2.09. The van der Waals surface area contributed by atoms with Gasteiger partial charge in [0.05, 0.1) is 10.9 Å². The fraction of sp³-hybridized carbons (Fsp3) is 0.391. The van der Waals surface area contributed by atoms with Crippen LogP contribution in [-0.2, 0) is 11.3 Å². The van der Waals surface area contributed by atoms with Gasteiger partial charge in [0.25, 0.3) is 5.56 Å². The number of fused-ring (bicyclic) bond motifs is 1. The van der Waals surface area contributed by atoms with E-state index in [0.717, 1.165) is 19.3 Å². The lowest BCUT2D eigenvalue weighted by molar-refractivity contribution is -0.115. The maximum absolute atomic E-state index is 13.2. The van der Waals surface area contributed by atoms with E-state index in [1.54, 1.807) is 17.6 Å². The molecule has 3 aromatic rings. The van der Waals surface area contributed by atoms with Crippen LogP contribution in [0.5, 0.6) is 0 Å². The number of para-hydroxylation sites is 1. The number of nitrogens with zero attached hydrogens (tertiary/aromatic N) is 3. The predicted molar refractivity (Wildman–Crippen MR) is 122 cm³/mol. The Morgan fingerprint density at radius 1 is 1.29 bits per heavy atom. The second-order valence-corrected chi connectivity index (χ2v) is 8.76. The smallest absolute Gasteiger partial charge is 0.262 e. The zero-order valence-corrected chi connectivity index (χ0v) is 18.4. The van der Waals surface area contributed by atoms with Crippen LogP contribution < -0.4 is 10.9 Å². The highest BCUT2D eigenvalue weighted by molar-refractivity contribution is 7.99. The van der Waals surface area contributed by atoms with Crippen molar-refractivity contribution in [2.24, 2.45) is 0 Å². The number of rotatable bonds is 8. The van der Waals surface area contributed by atoms with Gasteiger partial charge in [-0.2, -0.15) is 0 Å². The van der Waals surface area contributed by atoms with Gasteiger partial charge in [0.15, 0.2) is 11.0 Å². The SMILES string of the molecule is Cc1cc(NC(=O)CCSc2nc3ccccc3c(=O)n2CCC2=CCCCC2)no1. The number of hydrogen-bond donors (Lipinski definition) is 1. The van der Waals surface area contributed by atoms with E-state index in [1.165, 1.54) is 30.2 Å². The number of amides is 1. The van der Waals surface area contributed by atoms with Crippen molar-refractivity contribution in [3.05, 3.63) is 58.1 Å². The number of allylic oxidation sites excluding steroid dienone is 2. The summed E-state index contributed by atoms with van der Waals surface area (Å²) >= 11 is 1.43. The molecule has 0 saturated heterocycles. The van der Waals surface area contributed by atoms with E-state index in [9.17, 15) is 9.59 Å². The molecule has 1 aliphatic rings. The zero-order valence-electron chi connectivity index (χ0n) is 17.6. The number of hydrogen-bond acceptors (Lipinski definition) is 6. The van der Waals surface area contributed by atoms with Crippen molar-refractivity contribution in [3.8, 4) is 0 Å². The van der Waals surface area contributed by atoms with Gasteiger partial charge in [0.2, 0.25) is 5.91 Å². The van der Waals surface area contributed by atoms with Crippen LogP contribution in [0.1, 0.15) is 44.3 Å². The Balaban J connectivity index is 1.47. The lowest BCUT2D eigenvalue weighted by atomic mass is 9.97. The van der Waals surface area contributed by atoms with Gasteiger partial charge in [0, 0.05) is 24.8 Å². The molecule has 2 heterocycles. The third kappa shape index (κ3) is 5.44. The van der Waals surface area contributed by atoms with Crippen molar-refractivity contribution in [1.29, 1.82) is 0 Å². The van der Waals surface area contributed by atoms with Crippen LogP contribution in [0.15, 0.2) is 56.5 Å². The topological polar surface area (TPSA) is 90.0 Å². The van der Waals surface area contributed by atoms with E-state index >= 15 is 0 Å². The van der Waals surface area contributed by atoms with E-state index in [-0.39, 0.29) is 17.9 Å². The summed E-state index contributed by atoms with van der Waals surface area (Å²) in [4.78, 5) is 30.1. The summed E-state index contributed by atoms with van der Waals surface area (Å²) in [6, 6.07) is 9.10. The molecule has 0 bridgehead atoms. The predicted octanol–water partition coefficient (Wildman–Crippen LogP) is 4.70. The van der Waals surface area contributed by atoms with Crippen LogP contribution in [0.3, 0.4) is 0 Å². The Morgan fingerprint density at radius 3 is 2.94 bits per heavy atom. The molecule has 0 radical (unpaired) electrons. The van der Waals surface area contributed by atoms with Crippen LogP contribution in [0.2, 0.25) is 0 Å². The first-order valence-electron chi connectivity index (χ1n) is 10.6. The van der Waals surface area contributed by atoms with Gasteiger partial charge in [-0.25, -0.2) is 4.98 Å². The summed E-state index contributed by atoms with van der Waals surface area (Å²) in [6.45, 7) is 2.38. The van der Waals surface area contributed by atoms with Crippen molar-refractivity contribution in [1.82, 2.24) is 14.7 Å². The maximum atomic E-state index is 13.2. The number of carbonyl (C=O) groups excluding carboxylic acids is 1. The average Bonchev–Trinajstić information content (AvgIpc) is 3.18. The van der Waals surface area contributed by atoms with Crippen molar-refractivity contribution >= 4 is 34.4 Å². The number of carbonyl (C=O) groups is 1. The molecular weight excluding hydrogens is 412 g/mol. The lowest BCUT2D eigenvalue weighted by Crippen LogP contribution is -2.24. The van der Waals surface area contributed by atoms with Gasteiger partial charge >= 0.3 is 0 Å². The first-order valence-corrected chi connectivity index (χ1v) is 11.6. The van der Waals surface area contributed by atoms with Gasteiger partial charge in [-0.05, 0) is 51.2 Å². The Morgan fingerprint density at radius 2 is 2.16 bits per heavy atom. The molecule has 0 unspecified atom stereocenters. The number of anilines is 1. The molecular formula is C23H26N4O3S. The standard InChI is InChI=1S/C23H26N4O3S/c1-16-15-20(26-30-16)25-21(28)12-14-31-23-24-19-10-6-5-9-18(19)22(29)27(23)13-11-17-7-3-2-4-8-17/h5-7,9-10,15H,2-4,8,11-14H2,1H3,(H,25,26,28). The number of benzene rings is 1. The Labute approximate surface area is 184 Å². The molecule has 0 spiro atoms. The monoisotopic (exact) mass is 438 g/mol. The Hall–Kier alpha value is -2.87. The van der Waals surface area contributed by atoms with Gasteiger partial charge in [-0.15, -0.1) is 0 Å². The molecule has 1 aromatic carbocycles. The molecule has 7 nitrogen and oxygen atoms in total. The third-order valence-corrected chi connectivity index (χ3v) is 6.30. The van der Waals surface area contributed by atoms with Crippen LogP contribution in [0.4, 0.5) is 5.82 Å². The number of nitrogens with one attached hydrogen (secondary N) is 1. The van der Waals surface area contributed by atoms with Crippen molar-refractivity contribution < 1.29 is 9.32 Å². The van der Waals surface area contributed by atoms with E-state index in [4.69, 9.17) is 9.51 Å². The second kappa shape index (κ2) is 9.96. The summed E-state index contributed by atoms with van der Waals surface area (Å²) in [5.74, 6) is 1.41. The first-order chi connectivity index (χ1) is 15.1. The minimum atomic E-state index is -0.150. The minimum Gasteiger partial charge on any atom is -0.360 e. The van der Waals surface area contributed by atoms with E-state index in [0.29, 0.717) is 39.9 Å². The highest BCUT2D eigenvalue weighted by Crippen LogP contribution is 2.23. The van der Waals surface area contributed by atoms with Gasteiger partial charge in [-0.3, -0.25) is 14.2 Å². The maximum Gasteiger partial charge on any atom is 0.262 e. The summed E-state index contributed by atoms with van der Waals surface area (Å²) < 4.78 is 6.73. The number of aromatic nitrogens is 3. The molecule has 0 fully saturated rings. The average molecular weight is 439 g/mol. The Kier molecular flexibility index (Phi) is 6.86. The highest BCUT2D eigenvalue weighted by atomic mass is 32.2. The molecule has 2 aromatic heterocycles. The van der Waals surface area contributed by atoms with E-state index in [2.05, 4.69) is 16.5 Å². The van der Waals surface area contributed by atoms with Crippen LogP contribution in [0.25, 0.3) is 10.9 Å². The summed E-state index contributed by atoms with van der Waals surface area (Å²) in [7, 11) is 0. The molecule has 0 aliphatic heterocycles. The largest absolute Gasteiger partial charge is 0.360 e. The molecule has 0 atom stereocenters. The molecule has 1 N–H and O–H groups in total. The Bertz CT molecular complexity index is 1170. The fourth-order valence-corrected chi connectivity index (χ4v) is 4.67. The molecule has 4 rings (SSSR count). The highest BCUT2D eigenvalue weighted by Gasteiger charge is 2.14. The van der Waals surface area contributed by atoms with Crippen molar-refractivity contribution in [2.45, 2.75) is 57.1 Å². The van der Waals surface area contributed by atoms with Gasteiger partial charge in [0.1, 0.15) is 5.76 Å². The number of thioether (sulfide) groups is 1. The van der Waals surface area contributed by atoms with E-state index in [1.807, 2.05) is 24.3 Å². The molecule has 31 heavy (non-hydrogen) atoms. The van der Waals surface area contributed by atoms with Crippen molar-refractivity contribution in [2.75, 3.05) is 11.1 Å². The van der Waals surface area contributed by atoms with Crippen molar-refractivity contribution in [3.63, 3.8) is 0 Å². The molecule has 1 amide bonds. The quantitative estimate of drug-likeness (QED) is 0.311.